The first-order chi connectivity index (χ1) is 12.5. The summed E-state index contributed by atoms with van der Waals surface area (Å²) in [7, 11) is 0. The van der Waals surface area contributed by atoms with E-state index in [0.29, 0.717) is 12.4 Å². The van der Waals surface area contributed by atoms with Crippen molar-refractivity contribution in [1.29, 1.82) is 0 Å². The third-order valence-electron chi connectivity index (χ3n) is 6.13. The van der Waals surface area contributed by atoms with Gasteiger partial charge in [0.25, 0.3) is 5.91 Å². The Kier molecular flexibility index (Phi) is 4.49. The highest BCUT2D eigenvalue weighted by molar-refractivity contribution is 6.30. The summed E-state index contributed by atoms with van der Waals surface area (Å²) in [5, 5.41) is 8.87. The fourth-order valence-electron chi connectivity index (χ4n) is 4.49. The molecule has 0 spiro atoms. The molecule has 0 saturated heterocycles. The highest BCUT2D eigenvalue weighted by atomic mass is 35.5. The van der Waals surface area contributed by atoms with Crippen molar-refractivity contribution in [1.82, 2.24) is 19.7 Å². The van der Waals surface area contributed by atoms with E-state index < -0.39 is 0 Å². The Morgan fingerprint density at radius 2 is 2.04 bits per heavy atom. The minimum absolute atomic E-state index is 0.00449. The number of rotatable bonds is 3. The fraction of sp³-hybridized carbons (Fsp3) is 0.526. The number of carbonyl (C=O) groups excluding carboxylic acids is 1. The Balaban J connectivity index is 1.51. The minimum atomic E-state index is -0.0448. The van der Waals surface area contributed by atoms with Crippen molar-refractivity contribution in [2.75, 3.05) is 13.1 Å². The van der Waals surface area contributed by atoms with Crippen LogP contribution in [0.4, 0.5) is 0 Å². The second-order valence-corrected chi connectivity index (χ2v) is 7.88. The van der Waals surface area contributed by atoms with Crippen molar-refractivity contribution in [3.8, 4) is 0 Å². The van der Waals surface area contributed by atoms with Gasteiger partial charge < -0.3 is 15.2 Å². The number of hydrogen-bond acceptors (Lipinski definition) is 4. The summed E-state index contributed by atoms with van der Waals surface area (Å²) >= 11 is 6.19. The Morgan fingerprint density at radius 3 is 2.73 bits per heavy atom. The van der Waals surface area contributed by atoms with E-state index >= 15 is 0 Å². The molecule has 1 aliphatic heterocycles. The number of nitrogens with zero attached hydrogens (tertiary/aromatic N) is 4. The van der Waals surface area contributed by atoms with Crippen LogP contribution >= 0.6 is 11.6 Å². The number of halogens is 1. The van der Waals surface area contributed by atoms with E-state index in [0.717, 1.165) is 49.6 Å². The molecule has 138 valence electrons. The summed E-state index contributed by atoms with van der Waals surface area (Å²) in [5.41, 5.74) is 7.36. The topological polar surface area (TPSA) is 77.0 Å². The van der Waals surface area contributed by atoms with Crippen LogP contribution in [0.5, 0.6) is 0 Å². The number of hydrogen-bond donors (Lipinski definition) is 1. The third kappa shape index (κ3) is 2.81. The number of amides is 1. The number of benzene rings is 1. The van der Waals surface area contributed by atoms with Crippen molar-refractivity contribution < 1.29 is 4.79 Å². The molecule has 1 saturated carbocycles. The van der Waals surface area contributed by atoms with E-state index in [2.05, 4.69) is 16.3 Å². The molecule has 0 unspecified atom stereocenters. The molecule has 1 aliphatic carbocycles. The third-order valence-corrected chi connectivity index (χ3v) is 6.37. The van der Waals surface area contributed by atoms with Gasteiger partial charge in [-0.15, -0.1) is 10.2 Å². The van der Waals surface area contributed by atoms with E-state index in [-0.39, 0.29) is 17.4 Å². The molecular formula is C19H24ClN5O. The average molecular weight is 374 g/mol. The lowest BCUT2D eigenvalue weighted by Gasteiger charge is -2.44. The molecule has 1 aromatic heterocycles. The molecule has 0 atom stereocenters. The van der Waals surface area contributed by atoms with Crippen LogP contribution in [0.3, 0.4) is 0 Å². The molecule has 1 amide bonds. The summed E-state index contributed by atoms with van der Waals surface area (Å²) in [6.45, 7) is 3.98. The zero-order valence-electron chi connectivity index (χ0n) is 15.0. The van der Waals surface area contributed by atoms with Gasteiger partial charge in [-0.05, 0) is 50.3 Å². The zero-order chi connectivity index (χ0) is 18.3. The highest BCUT2D eigenvalue weighted by Crippen LogP contribution is 2.41. The van der Waals surface area contributed by atoms with Gasteiger partial charge >= 0.3 is 0 Å². The predicted molar refractivity (Wildman–Crippen MR) is 100 cm³/mol. The Morgan fingerprint density at radius 1 is 1.27 bits per heavy atom. The maximum atomic E-state index is 12.8. The molecule has 2 N–H and O–H groups in total. The monoisotopic (exact) mass is 373 g/mol. The molecule has 2 aromatic rings. The van der Waals surface area contributed by atoms with Crippen LogP contribution in [-0.4, -0.2) is 44.7 Å². The molecular weight excluding hydrogens is 350 g/mol. The zero-order valence-corrected chi connectivity index (χ0v) is 15.7. The maximum Gasteiger partial charge on any atom is 0.292 e. The first kappa shape index (κ1) is 17.5. The average Bonchev–Trinajstić information content (AvgIpc) is 3.04. The van der Waals surface area contributed by atoms with Gasteiger partial charge in [0.05, 0.1) is 0 Å². The number of carbonyl (C=O) groups is 1. The smallest absolute Gasteiger partial charge is 0.292 e. The van der Waals surface area contributed by atoms with Crippen LogP contribution in [0.1, 0.15) is 47.7 Å². The largest absolute Gasteiger partial charge is 0.331 e. The summed E-state index contributed by atoms with van der Waals surface area (Å²) in [4.78, 5) is 14.8. The van der Waals surface area contributed by atoms with Gasteiger partial charge in [-0.3, -0.25) is 4.79 Å². The lowest BCUT2D eigenvalue weighted by atomic mass is 9.68. The SMILES string of the molecule is Cc1nnc2n1CCN([C@H]1CC[C@](CN)(c3cccc(Cl)c3)CC1)C2=O. The van der Waals surface area contributed by atoms with Crippen LogP contribution in [0.2, 0.25) is 5.02 Å². The summed E-state index contributed by atoms with van der Waals surface area (Å²) in [6, 6.07) is 8.28. The number of aryl methyl sites for hydroxylation is 1. The van der Waals surface area contributed by atoms with Gasteiger partial charge in [0.2, 0.25) is 5.82 Å². The second-order valence-electron chi connectivity index (χ2n) is 7.45. The van der Waals surface area contributed by atoms with Crippen molar-refractivity contribution in [2.24, 2.45) is 5.73 Å². The molecule has 2 aliphatic rings. The van der Waals surface area contributed by atoms with Crippen LogP contribution in [0.15, 0.2) is 24.3 Å². The number of fused-ring (bicyclic) bond motifs is 1. The number of aromatic nitrogens is 3. The van der Waals surface area contributed by atoms with Crippen molar-refractivity contribution in [2.45, 2.75) is 50.6 Å². The quantitative estimate of drug-likeness (QED) is 0.896. The molecule has 1 aromatic carbocycles. The molecule has 2 heterocycles. The first-order valence-electron chi connectivity index (χ1n) is 9.21. The first-order valence-corrected chi connectivity index (χ1v) is 9.59. The van der Waals surface area contributed by atoms with Gasteiger partial charge in [0, 0.05) is 36.1 Å². The van der Waals surface area contributed by atoms with E-state index in [1.54, 1.807) is 0 Å². The Hall–Kier alpha value is -1.92. The molecule has 26 heavy (non-hydrogen) atoms. The number of nitrogens with two attached hydrogens (primary N) is 1. The second kappa shape index (κ2) is 6.67. The molecule has 7 heteroatoms. The van der Waals surface area contributed by atoms with E-state index in [4.69, 9.17) is 17.3 Å². The van der Waals surface area contributed by atoms with Gasteiger partial charge in [0.15, 0.2) is 0 Å². The maximum absolute atomic E-state index is 12.8. The molecule has 1 fully saturated rings. The molecule has 4 rings (SSSR count). The van der Waals surface area contributed by atoms with E-state index in [1.807, 2.05) is 34.6 Å². The van der Waals surface area contributed by atoms with Crippen LogP contribution < -0.4 is 5.73 Å². The van der Waals surface area contributed by atoms with Crippen LogP contribution in [0, 0.1) is 6.92 Å². The van der Waals surface area contributed by atoms with E-state index in [9.17, 15) is 4.79 Å². The predicted octanol–water partition coefficient (Wildman–Crippen LogP) is 2.54. The molecule has 0 radical (unpaired) electrons. The van der Waals surface area contributed by atoms with Crippen molar-refractivity contribution in [3.05, 3.63) is 46.5 Å². The van der Waals surface area contributed by atoms with Gasteiger partial charge in [-0.1, -0.05) is 23.7 Å². The Labute approximate surface area is 158 Å². The summed E-state index contributed by atoms with van der Waals surface area (Å²) < 4.78 is 1.91. The van der Waals surface area contributed by atoms with Crippen molar-refractivity contribution in [3.63, 3.8) is 0 Å². The standard InChI is InChI=1S/C19H24ClN5O/c1-13-22-23-17-18(26)25(10-9-24(13)17)16-5-7-19(12-21,8-6-16)14-3-2-4-15(20)11-14/h2-4,11,16H,5-10,12,21H2,1H3/t16-,19-. The normalized spacial score (nSPS) is 26.0. The minimum Gasteiger partial charge on any atom is -0.331 e. The van der Waals surface area contributed by atoms with Crippen molar-refractivity contribution >= 4 is 17.5 Å². The highest BCUT2D eigenvalue weighted by Gasteiger charge is 2.40. The van der Waals surface area contributed by atoms with Gasteiger partial charge in [-0.2, -0.15) is 0 Å². The lowest BCUT2D eigenvalue weighted by Crippen LogP contribution is -2.50. The van der Waals surface area contributed by atoms with E-state index in [1.165, 1.54) is 5.56 Å². The lowest BCUT2D eigenvalue weighted by molar-refractivity contribution is 0.0521. The summed E-state index contributed by atoms with van der Waals surface area (Å²) in [6.07, 6.45) is 3.82. The van der Waals surface area contributed by atoms with Gasteiger partial charge in [-0.25, -0.2) is 0 Å². The fourth-order valence-corrected chi connectivity index (χ4v) is 4.68. The summed E-state index contributed by atoms with van der Waals surface area (Å²) in [5.74, 6) is 1.28. The van der Waals surface area contributed by atoms with Gasteiger partial charge in [0.1, 0.15) is 5.82 Å². The van der Waals surface area contributed by atoms with Crippen LogP contribution in [0.25, 0.3) is 0 Å². The Bertz CT molecular complexity index is 825. The van der Waals surface area contributed by atoms with Crippen LogP contribution in [-0.2, 0) is 12.0 Å². The molecule has 0 bridgehead atoms. The molecule has 6 nitrogen and oxygen atoms in total.